The van der Waals surface area contributed by atoms with Crippen molar-refractivity contribution in [1.29, 1.82) is 0 Å². The third-order valence-electron chi connectivity index (χ3n) is 4.44. The molecule has 0 radical (unpaired) electrons. The number of amides is 1. The highest BCUT2D eigenvalue weighted by Gasteiger charge is 2.30. The fourth-order valence-corrected chi connectivity index (χ4v) is 3.27. The molecule has 1 amide bonds. The van der Waals surface area contributed by atoms with Crippen LogP contribution in [-0.2, 0) is 11.2 Å². The predicted octanol–water partition coefficient (Wildman–Crippen LogP) is 1.71. The SMILES string of the molecule is COc1ccc(C)cc1CC(=O)N1CCCCC1c1n[nH]c(=O)[nH]1. The first kappa shape index (κ1) is 16.3. The number of piperidine rings is 1. The van der Waals surface area contributed by atoms with Gasteiger partial charge in [0.05, 0.1) is 19.6 Å². The molecule has 7 nitrogen and oxygen atoms in total. The summed E-state index contributed by atoms with van der Waals surface area (Å²) in [6.07, 6.45) is 3.05. The fraction of sp³-hybridized carbons (Fsp3) is 0.471. The average Bonchev–Trinajstić information content (AvgIpc) is 3.01. The van der Waals surface area contributed by atoms with Gasteiger partial charge in [0.2, 0.25) is 5.91 Å². The highest BCUT2D eigenvalue weighted by molar-refractivity contribution is 5.80. The monoisotopic (exact) mass is 330 g/mol. The molecule has 3 rings (SSSR count). The van der Waals surface area contributed by atoms with Crippen LogP contribution in [0.3, 0.4) is 0 Å². The number of aromatic amines is 2. The van der Waals surface area contributed by atoms with Gasteiger partial charge in [0, 0.05) is 12.1 Å². The Labute approximate surface area is 140 Å². The number of benzene rings is 1. The Balaban J connectivity index is 1.82. The van der Waals surface area contributed by atoms with E-state index in [0.29, 0.717) is 12.4 Å². The minimum atomic E-state index is -0.344. The van der Waals surface area contributed by atoms with E-state index in [1.54, 1.807) is 7.11 Å². The number of likely N-dealkylation sites (tertiary alicyclic amines) is 1. The average molecular weight is 330 g/mol. The van der Waals surface area contributed by atoms with Crippen molar-refractivity contribution in [3.05, 3.63) is 45.6 Å². The standard InChI is InChI=1S/C17H22N4O3/c1-11-6-7-14(24-2)12(9-11)10-15(22)21-8-4-3-5-13(21)16-18-17(23)20-19-16/h6-7,9,13H,3-5,8,10H2,1-2H3,(H2,18,19,20,23). The molecule has 128 valence electrons. The molecule has 1 aromatic carbocycles. The summed E-state index contributed by atoms with van der Waals surface area (Å²) in [5, 5.41) is 6.40. The molecule has 2 heterocycles. The molecule has 1 atom stereocenters. The summed E-state index contributed by atoms with van der Waals surface area (Å²) in [7, 11) is 1.61. The van der Waals surface area contributed by atoms with E-state index in [1.807, 2.05) is 30.0 Å². The van der Waals surface area contributed by atoms with Gasteiger partial charge in [-0.3, -0.25) is 9.78 Å². The zero-order valence-electron chi connectivity index (χ0n) is 14.0. The van der Waals surface area contributed by atoms with Crippen LogP contribution in [0.5, 0.6) is 5.75 Å². The molecule has 1 saturated heterocycles. The van der Waals surface area contributed by atoms with Crippen molar-refractivity contribution in [2.45, 2.75) is 38.6 Å². The zero-order valence-corrected chi connectivity index (χ0v) is 14.0. The molecular formula is C17H22N4O3. The number of aromatic nitrogens is 3. The Kier molecular flexibility index (Phi) is 4.69. The third kappa shape index (κ3) is 3.34. The predicted molar refractivity (Wildman–Crippen MR) is 88.9 cm³/mol. The normalized spacial score (nSPS) is 17.8. The number of hydrogen-bond acceptors (Lipinski definition) is 4. The molecule has 24 heavy (non-hydrogen) atoms. The van der Waals surface area contributed by atoms with Crippen LogP contribution in [0.4, 0.5) is 0 Å². The summed E-state index contributed by atoms with van der Waals surface area (Å²) >= 11 is 0. The Morgan fingerprint density at radius 1 is 1.42 bits per heavy atom. The van der Waals surface area contributed by atoms with Crippen molar-refractivity contribution in [1.82, 2.24) is 20.1 Å². The number of carbonyl (C=O) groups is 1. The van der Waals surface area contributed by atoms with Crippen LogP contribution >= 0.6 is 0 Å². The summed E-state index contributed by atoms with van der Waals surface area (Å²) in [6.45, 7) is 2.66. The quantitative estimate of drug-likeness (QED) is 0.893. The highest BCUT2D eigenvalue weighted by Crippen LogP contribution is 2.30. The first-order chi connectivity index (χ1) is 11.6. The van der Waals surface area contributed by atoms with Crippen LogP contribution in [-0.4, -0.2) is 39.6 Å². The van der Waals surface area contributed by atoms with Crippen LogP contribution in [0, 0.1) is 6.92 Å². The molecule has 0 bridgehead atoms. The lowest BCUT2D eigenvalue weighted by atomic mass is 9.99. The van der Waals surface area contributed by atoms with Crippen LogP contribution in [0.25, 0.3) is 0 Å². The number of ether oxygens (including phenoxy) is 1. The number of rotatable bonds is 4. The van der Waals surface area contributed by atoms with E-state index < -0.39 is 0 Å². The van der Waals surface area contributed by atoms with E-state index in [4.69, 9.17) is 4.74 Å². The molecule has 0 saturated carbocycles. The highest BCUT2D eigenvalue weighted by atomic mass is 16.5. The van der Waals surface area contributed by atoms with E-state index in [9.17, 15) is 9.59 Å². The smallest absolute Gasteiger partial charge is 0.340 e. The second-order valence-corrected chi connectivity index (χ2v) is 6.15. The van der Waals surface area contributed by atoms with E-state index in [1.165, 1.54) is 0 Å². The van der Waals surface area contributed by atoms with Gasteiger partial charge in [-0.1, -0.05) is 17.7 Å². The van der Waals surface area contributed by atoms with E-state index in [-0.39, 0.29) is 24.1 Å². The largest absolute Gasteiger partial charge is 0.496 e. The van der Waals surface area contributed by atoms with Gasteiger partial charge in [0.25, 0.3) is 0 Å². The molecule has 0 aliphatic carbocycles. The molecule has 2 N–H and O–H groups in total. The van der Waals surface area contributed by atoms with Crippen molar-refractivity contribution in [3.63, 3.8) is 0 Å². The Hall–Kier alpha value is -2.57. The van der Waals surface area contributed by atoms with Gasteiger partial charge in [-0.2, -0.15) is 5.10 Å². The maximum atomic E-state index is 12.9. The summed E-state index contributed by atoms with van der Waals surface area (Å²) in [4.78, 5) is 28.7. The summed E-state index contributed by atoms with van der Waals surface area (Å²) < 4.78 is 5.37. The van der Waals surface area contributed by atoms with Crippen molar-refractivity contribution in [2.24, 2.45) is 0 Å². The van der Waals surface area contributed by atoms with Gasteiger partial charge in [-0.25, -0.2) is 9.89 Å². The molecule has 1 aromatic heterocycles. The van der Waals surface area contributed by atoms with Crippen molar-refractivity contribution in [3.8, 4) is 5.75 Å². The zero-order chi connectivity index (χ0) is 17.1. The van der Waals surface area contributed by atoms with Gasteiger partial charge in [0.15, 0.2) is 5.82 Å². The minimum Gasteiger partial charge on any atom is -0.496 e. The first-order valence-electron chi connectivity index (χ1n) is 8.16. The molecule has 1 aliphatic rings. The Morgan fingerprint density at radius 2 is 2.25 bits per heavy atom. The van der Waals surface area contributed by atoms with E-state index >= 15 is 0 Å². The van der Waals surface area contributed by atoms with E-state index in [0.717, 1.165) is 36.1 Å². The maximum absolute atomic E-state index is 12.9. The number of aryl methyl sites for hydroxylation is 1. The molecule has 2 aromatic rings. The lowest BCUT2D eigenvalue weighted by Gasteiger charge is -2.34. The molecule has 1 aliphatic heterocycles. The number of nitrogens with zero attached hydrogens (tertiary/aromatic N) is 2. The van der Waals surface area contributed by atoms with Crippen molar-refractivity contribution < 1.29 is 9.53 Å². The Bertz CT molecular complexity index is 780. The topological polar surface area (TPSA) is 91.1 Å². The second kappa shape index (κ2) is 6.90. The van der Waals surface area contributed by atoms with E-state index in [2.05, 4.69) is 15.2 Å². The number of nitrogens with one attached hydrogen (secondary N) is 2. The van der Waals surface area contributed by atoms with Gasteiger partial charge in [0.1, 0.15) is 5.75 Å². The number of methoxy groups -OCH3 is 1. The van der Waals surface area contributed by atoms with Gasteiger partial charge in [-0.05, 0) is 32.3 Å². The second-order valence-electron chi connectivity index (χ2n) is 6.15. The molecule has 7 heteroatoms. The maximum Gasteiger partial charge on any atom is 0.340 e. The minimum absolute atomic E-state index is 0.0208. The van der Waals surface area contributed by atoms with Crippen LogP contribution in [0.2, 0.25) is 0 Å². The molecular weight excluding hydrogens is 308 g/mol. The summed E-state index contributed by atoms with van der Waals surface area (Å²) in [5.74, 6) is 1.27. The Morgan fingerprint density at radius 3 is 2.96 bits per heavy atom. The van der Waals surface area contributed by atoms with Crippen LogP contribution in [0.15, 0.2) is 23.0 Å². The molecule has 0 spiro atoms. The lowest BCUT2D eigenvalue weighted by Crippen LogP contribution is -2.40. The van der Waals surface area contributed by atoms with Gasteiger partial charge < -0.3 is 9.64 Å². The van der Waals surface area contributed by atoms with Crippen LogP contribution in [0.1, 0.15) is 42.3 Å². The van der Waals surface area contributed by atoms with Gasteiger partial charge in [-0.15, -0.1) is 0 Å². The van der Waals surface area contributed by atoms with Crippen LogP contribution < -0.4 is 10.4 Å². The fourth-order valence-electron chi connectivity index (χ4n) is 3.27. The first-order valence-corrected chi connectivity index (χ1v) is 8.16. The number of carbonyl (C=O) groups excluding carboxylic acids is 1. The molecule has 1 unspecified atom stereocenters. The lowest BCUT2D eigenvalue weighted by molar-refractivity contribution is -0.134. The van der Waals surface area contributed by atoms with Crippen molar-refractivity contribution >= 4 is 5.91 Å². The number of hydrogen-bond donors (Lipinski definition) is 2. The number of H-pyrrole nitrogens is 2. The van der Waals surface area contributed by atoms with Crippen molar-refractivity contribution in [2.75, 3.05) is 13.7 Å². The van der Waals surface area contributed by atoms with Gasteiger partial charge >= 0.3 is 5.69 Å². The summed E-state index contributed by atoms with van der Waals surface area (Å²) in [6, 6.07) is 5.65. The third-order valence-corrected chi connectivity index (χ3v) is 4.44. The summed E-state index contributed by atoms with van der Waals surface area (Å²) in [5.41, 5.74) is 1.62. The molecule has 1 fully saturated rings.